The Kier molecular flexibility index (Phi) is 7.88. The van der Waals surface area contributed by atoms with Crippen LogP contribution >= 0.6 is 0 Å². The molecule has 0 saturated heterocycles. The molecule has 0 aliphatic carbocycles. The van der Waals surface area contributed by atoms with Crippen molar-refractivity contribution in [2.24, 2.45) is 0 Å². The van der Waals surface area contributed by atoms with Crippen LogP contribution in [0.25, 0.3) is 5.57 Å². The third-order valence-electron chi connectivity index (χ3n) is 3.27. The fraction of sp³-hybridized carbons (Fsp3) is 0.500. The average Bonchev–Trinajstić information content (AvgIpc) is 2.44. The van der Waals surface area contributed by atoms with E-state index in [2.05, 4.69) is 19.9 Å². The van der Waals surface area contributed by atoms with E-state index in [1.54, 1.807) is 0 Å². The van der Waals surface area contributed by atoms with E-state index < -0.39 is 0 Å². The van der Waals surface area contributed by atoms with Gasteiger partial charge in [-0.15, -0.1) is 0 Å². The van der Waals surface area contributed by atoms with Crippen molar-refractivity contribution in [2.45, 2.75) is 58.8 Å². The van der Waals surface area contributed by atoms with E-state index in [1.165, 1.54) is 25.7 Å². The molecule has 0 spiro atoms. The molecule has 0 aliphatic heterocycles. The van der Waals surface area contributed by atoms with Crippen molar-refractivity contribution in [1.82, 2.24) is 0 Å². The van der Waals surface area contributed by atoms with Crippen molar-refractivity contribution >= 4 is 11.4 Å². The first-order valence-electron chi connectivity index (χ1n) is 7.58. The number of Topliss-reactive ketones (excluding diaryl/α,β-unsaturated/α-hetero) is 1. The van der Waals surface area contributed by atoms with E-state index in [9.17, 15) is 4.79 Å². The molecule has 1 heteroatoms. The van der Waals surface area contributed by atoms with Crippen molar-refractivity contribution in [3.05, 3.63) is 42.0 Å². The Balaban J connectivity index is 2.70. The van der Waals surface area contributed by atoms with E-state index in [4.69, 9.17) is 0 Å². The van der Waals surface area contributed by atoms with Gasteiger partial charge in [0.05, 0.1) is 0 Å². The van der Waals surface area contributed by atoms with E-state index in [0.717, 1.165) is 24.0 Å². The van der Waals surface area contributed by atoms with E-state index in [1.807, 2.05) is 30.3 Å². The Morgan fingerprint density at radius 1 is 1.00 bits per heavy atom. The Bertz CT molecular complexity index is 389. The normalized spacial score (nSPS) is 11.6. The summed E-state index contributed by atoms with van der Waals surface area (Å²) in [4.78, 5) is 12.2. The fourth-order valence-corrected chi connectivity index (χ4v) is 2.19. The van der Waals surface area contributed by atoms with Gasteiger partial charge in [0.15, 0.2) is 5.78 Å². The molecule has 0 fully saturated rings. The van der Waals surface area contributed by atoms with Gasteiger partial charge >= 0.3 is 0 Å². The lowest BCUT2D eigenvalue weighted by Gasteiger charge is -2.06. The summed E-state index contributed by atoms with van der Waals surface area (Å²) in [5.74, 6) is 0.282. The monoisotopic (exact) mass is 258 g/mol. The maximum absolute atomic E-state index is 12.2. The third kappa shape index (κ3) is 5.87. The van der Waals surface area contributed by atoms with Crippen LogP contribution in [0.3, 0.4) is 0 Å². The highest BCUT2D eigenvalue weighted by molar-refractivity contribution is 6.20. The summed E-state index contributed by atoms with van der Waals surface area (Å²) >= 11 is 0. The van der Waals surface area contributed by atoms with Crippen LogP contribution in [0.2, 0.25) is 0 Å². The largest absolute Gasteiger partial charge is 0.294 e. The van der Waals surface area contributed by atoms with Gasteiger partial charge in [0.2, 0.25) is 0 Å². The highest BCUT2D eigenvalue weighted by Gasteiger charge is 2.09. The molecular formula is C18H26O. The predicted molar refractivity (Wildman–Crippen MR) is 83.1 cm³/mol. The smallest absolute Gasteiger partial charge is 0.163 e. The SMILES string of the molecule is CCCCCC/C=C(\C(=O)CCC)c1ccccc1. The number of benzene rings is 1. The van der Waals surface area contributed by atoms with Crippen LogP contribution in [0, 0.1) is 0 Å². The van der Waals surface area contributed by atoms with Gasteiger partial charge in [-0.25, -0.2) is 0 Å². The van der Waals surface area contributed by atoms with Crippen LogP contribution in [0.5, 0.6) is 0 Å². The molecule has 1 aromatic rings. The molecule has 0 atom stereocenters. The maximum Gasteiger partial charge on any atom is 0.163 e. The van der Waals surface area contributed by atoms with E-state index in [-0.39, 0.29) is 5.78 Å². The predicted octanol–water partition coefficient (Wildman–Crippen LogP) is 5.41. The molecule has 0 amide bonds. The first-order valence-corrected chi connectivity index (χ1v) is 7.58. The average molecular weight is 258 g/mol. The molecule has 0 radical (unpaired) electrons. The standard InChI is InChI=1S/C18H26O/c1-3-5-6-7-11-15-17(18(19)12-4-2)16-13-9-8-10-14-16/h8-10,13-15H,3-7,11-12H2,1-2H3/b17-15-. The van der Waals surface area contributed by atoms with Gasteiger partial charge < -0.3 is 0 Å². The number of allylic oxidation sites excluding steroid dienone is 2. The molecule has 1 nitrogen and oxygen atoms in total. The van der Waals surface area contributed by atoms with Gasteiger partial charge in [-0.05, 0) is 24.8 Å². The summed E-state index contributed by atoms with van der Waals surface area (Å²) in [6.45, 7) is 4.28. The maximum atomic E-state index is 12.2. The first-order chi connectivity index (χ1) is 9.29. The van der Waals surface area contributed by atoms with Gasteiger partial charge in [0.1, 0.15) is 0 Å². The molecule has 1 aromatic carbocycles. The number of ketones is 1. The topological polar surface area (TPSA) is 17.1 Å². The van der Waals surface area contributed by atoms with Gasteiger partial charge in [-0.3, -0.25) is 4.79 Å². The zero-order valence-electron chi connectivity index (χ0n) is 12.3. The van der Waals surface area contributed by atoms with Crippen LogP contribution in [-0.2, 0) is 4.79 Å². The second-order valence-electron chi connectivity index (χ2n) is 5.01. The summed E-state index contributed by atoms with van der Waals surface area (Å²) in [5, 5.41) is 0. The van der Waals surface area contributed by atoms with Crippen LogP contribution in [0.15, 0.2) is 36.4 Å². The molecule has 0 aliphatic rings. The minimum absolute atomic E-state index is 0.282. The van der Waals surface area contributed by atoms with Crippen LogP contribution in [0.4, 0.5) is 0 Å². The quantitative estimate of drug-likeness (QED) is 0.427. The summed E-state index contributed by atoms with van der Waals surface area (Å²) in [5.41, 5.74) is 1.98. The summed E-state index contributed by atoms with van der Waals surface area (Å²) in [6, 6.07) is 10.1. The number of hydrogen-bond acceptors (Lipinski definition) is 1. The zero-order chi connectivity index (χ0) is 13.9. The van der Waals surface area contributed by atoms with E-state index >= 15 is 0 Å². The minimum atomic E-state index is 0.282. The molecule has 19 heavy (non-hydrogen) atoms. The Morgan fingerprint density at radius 3 is 2.37 bits per heavy atom. The summed E-state index contributed by atoms with van der Waals surface area (Å²) in [7, 11) is 0. The Hall–Kier alpha value is -1.37. The molecule has 0 unspecified atom stereocenters. The molecule has 0 saturated carbocycles. The number of hydrogen-bond donors (Lipinski definition) is 0. The van der Waals surface area contributed by atoms with Gasteiger partial charge in [-0.2, -0.15) is 0 Å². The lowest BCUT2D eigenvalue weighted by Crippen LogP contribution is -2.01. The van der Waals surface area contributed by atoms with Crippen molar-refractivity contribution in [3.8, 4) is 0 Å². The lowest BCUT2D eigenvalue weighted by atomic mass is 9.97. The molecule has 0 aromatic heterocycles. The second-order valence-corrected chi connectivity index (χ2v) is 5.01. The first kappa shape index (κ1) is 15.7. The van der Waals surface area contributed by atoms with Crippen molar-refractivity contribution in [1.29, 1.82) is 0 Å². The van der Waals surface area contributed by atoms with Crippen molar-refractivity contribution in [3.63, 3.8) is 0 Å². The van der Waals surface area contributed by atoms with Crippen LogP contribution < -0.4 is 0 Å². The highest BCUT2D eigenvalue weighted by Crippen LogP contribution is 2.19. The molecule has 1 rings (SSSR count). The van der Waals surface area contributed by atoms with Crippen molar-refractivity contribution in [2.75, 3.05) is 0 Å². The minimum Gasteiger partial charge on any atom is -0.294 e. The lowest BCUT2D eigenvalue weighted by molar-refractivity contribution is -0.113. The zero-order valence-corrected chi connectivity index (χ0v) is 12.3. The third-order valence-corrected chi connectivity index (χ3v) is 3.27. The summed E-state index contributed by atoms with van der Waals surface area (Å²) in [6.07, 6.45) is 9.71. The Labute approximate surface area is 117 Å². The Morgan fingerprint density at radius 2 is 1.74 bits per heavy atom. The summed E-state index contributed by atoms with van der Waals surface area (Å²) < 4.78 is 0. The van der Waals surface area contributed by atoms with Gasteiger partial charge in [-0.1, -0.05) is 69.5 Å². The van der Waals surface area contributed by atoms with Gasteiger partial charge in [0, 0.05) is 12.0 Å². The fourth-order valence-electron chi connectivity index (χ4n) is 2.19. The number of carbonyl (C=O) groups excluding carboxylic acids is 1. The van der Waals surface area contributed by atoms with Crippen molar-refractivity contribution < 1.29 is 4.79 Å². The molecule has 0 heterocycles. The molecule has 0 bridgehead atoms. The van der Waals surface area contributed by atoms with E-state index in [0.29, 0.717) is 6.42 Å². The molecule has 0 N–H and O–H groups in total. The number of unbranched alkanes of at least 4 members (excludes halogenated alkanes) is 4. The van der Waals surface area contributed by atoms with Gasteiger partial charge in [0.25, 0.3) is 0 Å². The highest BCUT2D eigenvalue weighted by atomic mass is 16.1. The van der Waals surface area contributed by atoms with Crippen LogP contribution in [-0.4, -0.2) is 5.78 Å². The molecule has 104 valence electrons. The van der Waals surface area contributed by atoms with Crippen LogP contribution in [0.1, 0.15) is 64.4 Å². The number of carbonyl (C=O) groups is 1. The molecular weight excluding hydrogens is 232 g/mol. The second kappa shape index (κ2) is 9.55. The number of rotatable bonds is 9.